The molecule has 2 rings (SSSR count). The predicted molar refractivity (Wildman–Crippen MR) is 68.6 cm³/mol. The average molecular weight is 295 g/mol. The van der Waals surface area contributed by atoms with E-state index in [-0.39, 0.29) is 13.2 Å². The molecule has 0 unspecified atom stereocenters. The Kier molecular flexibility index (Phi) is 6.42. The van der Waals surface area contributed by atoms with Crippen molar-refractivity contribution in [1.29, 1.82) is 0 Å². The van der Waals surface area contributed by atoms with Crippen molar-refractivity contribution >= 4 is 13.8 Å². The van der Waals surface area contributed by atoms with E-state index in [2.05, 4.69) is 19.1 Å². The first-order valence-electron chi connectivity index (χ1n) is 6.31. The SMILES string of the molecule is C1CCNCC1.COC(=O)C1(C)COP(=O)(O)OC1. The number of nitrogens with one attached hydrogen (secondary N) is 1. The van der Waals surface area contributed by atoms with Crippen molar-refractivity contribution in [3.63, 3.8) is 0 Å². The molecule has 0 aromatic heterocycles. The van der Waals surface area contributed by atoms with E-state index in [4.69, 9.17) is 4.89 Å². The lowest BCUT2D eigenvalue weighted by molar-refractivity contribution is -0.159. The zero-order chi connectivity index (χ0) is 14.4. The van der Waals surface area contributed by atoms with Gasteiger partial charge in [0, 0.05) is 0 Å². The molecule has 0 aromatic carbocycles. The van der Waals surface area contributed by atoms with Gasteiger partial charge in [-0.15, -0.1) is 0 Å². The van der Waals surface area contributed by atoms with E-state index in [1.165, 1.54) is 46.4 Å². The van der Waals surface area contributed by atoms with Gasteiger partial charge >= 0.3 is 13.8 Å². The smallest absolute Gasteiger partial charge is 0.468 e. The molecule has 0 saturated carbocycles. The van der Waals surface area contributed by atoms with Crippen molar-refractivity contribution < 1.29 is 28.0 Å². The van der Waals surface area contributed by atoms with Crippen molar-refractivity contribution in [2.45, 2.75) is 26.2 Å². The summed E-state index contributed by atoms with van der Waals surface area (Å²) in [6.07, 6.45) is 4.22. The van der Waals surface area contributed by atoms with Crippen molar-refractivity contribution in [3.05, 3.63) is 0 Å². The van der Waals surface area contributed by atoms with Crippen LogP contribution in [-0.2, 0) is 23.1 Å². The number of phosphoric ester groups is 1. The molecule has 0 bridgehead atoms. The number of piperidine rings is 1. The zero-order valence-corrected chi connectivity index (χ0v) is 12.3. The van der Waals surface area contributed by atoms with Crippen LogP contribution in [-0.4, -0.2) is 44.3 Å². The molecule has 8 heteroatoms. The molecule has 0 aromatic rings. The number of carbonyl (C=O) groups is 1. The minimum atomic E-state index is -3.92. The van der Waals surface area contributed by atoms with Gasteiger partial charge in [-0.1, -0.05) is 6.42 Å². The Labute approximate surface area is 113 Å². The number of ether oxygens (including phenoxy) is 1. The van der Waals surface area contributed by atoms with Gasteiger partial charge in [-0.05, 0) is 32.9 Å². The normalized spacial score (nSPS) is 34.9. The van der Waals surface area contributed by atoms with Crippen molar-refractivity contribution in [2.24, 2.45) is 5.41 Å². The monoisotopic (exact) mass is 295 g/mol. The van der Waals surface area contributed by atoms with Crippen LogP contribution in [0.3, 0.4) is 0 Å². The fraction of sp³-hybridized carbons (Fsp3) is 0.909. The quantitative estimate of drug-likeness (QED) is 0.552. The highest BCUT2D eigenvalue weighted by molar-refractivity contribution is 7.47. The van der Waals surface area contributed by atoms with Gasteiger partial charge in [0.15, 0.2) is 0 Å². The van der Waals surface area contributed by atoms with Crippen LogP contribution in [0.4, 0.5) is 0 Å². The molecule has 2 saturated heterocycles. The molecule has 0 atom stereocenters. The van der Waals surface area contributed by atoms with Crippen LogP contribution in [0.5, 0.6) is 0 Å². The third-order valence-electron chi connectivity index (χ3n) is 2.98. The predicted octanol–water partition coefficient (Wildman–Crippen LogP) is 1.07. The third-order valence-corrected chi connectivity index (χ3v) is 3.89. The first kappa shape index (κ1) is 16.6. The van der Waals surface area contributed by atoms with Gasteiger partial charge in [0.25, 0.3) is 0 Å². The number of methoxy groups -OCH3 is 1. The maximum Gasteiger partial charge on any atom is 0.472 e. The average Bonchev–Trinajstić information content (AvgIpc) is 2.44. The Morgan fingerprint density at radius 1 is 1.26 bits per heavy atom. The molecular formula is C11H22NO6P. The Balaban J connectivity index is 0.000000250. The van der Waals surface area contributed by atoms with E-state index in [9.17, 15) is 9.36 Å². The maximum atomic E-state index is 11.1. The molecule has 0 radical (unpaired) electrons. The lowest BCUT2D eigenvalue weighted by atomic mass is 9.93. The van der Waals surface area contributed by atoms with Crippen LogP contribution in [0.15, 0.2) is 0 Å². The Hall–Kier alpha value is -0.460. The highest BCUT2D eigenvalue weighted by Gasteiger charge is 2.44. The number of phosphoric acid groups is 1. The van der Waals surface area contributed by atoms with Crippen LogP contribution in [0.25, 0.3) is 0 Å². The van der Waals surface area contributed by atoms with Gasteiger partial charge in [-0.2, -0.15) is 0 Å². The van der Waals surface area contributed by atoms with Crippen LogP contribution in [0.1, 0.15) is 26.2 Å². The lowest BCUT2D eigenvalue weighted by Crippen LogP contribution is -2.40. The van der Waals surface area contributed by atoms with Gasteiger partial charge in [-0.3, -0.25) is 13.8 Å². The fourth-order valence-electron chi connectivity index (χ4n) is 1.69. The Bertz CT molecular complexity index is 321. The van der Waals surface area contributed by atoms with E-state index in [0.717, 1.165) is 0 Å². The Morgan fingerprint density at radius 3 is 2.11 bits per heavy atom. The summed E-state index contributed by atoms with van der Waals surface area (Å²) in [6.45, 7) is 3.69. The molecule has 2 aliphatic rings. The summed E-state index contributed by atoms with van der Waals surface area (Å²) < 4.78 is 24.3. The molecule has 112 valence electrons. The zero-order valence-electron chi connectivity index (χ0n) is 11.4. The maximum absolute atomic E-state index is 11.1. The van der Waals surface area contributed by atoms with Crippen LogP contribution >= 0.6 is 7.82 Å². The van der Waals surface area contributed by atoms with E-state index in [1.54, 1.807) is 0 Å². The molecule has 0 amide bonds. The van der Waals surface area contributed by atoms with Gasteiger partial charge in [0.1, 0.15) is 5.41 Å². The second kappa shape index (κ2) is 7.36. The van der Waals surface area contributed by atoms with E-state index < -0.39 is 19.2 Å². The summed E-state index contributed by atoms with van der Waals surface area (Å²) in [5, 5.41) is 3.28. The number of esters is 1. The molecule has 0 spiro atoms. The highest BCUT2D eigenvalue weighted by Crippen LogP contribution is 2.49. The molecular weight excluding hydrogens is 273 g/mol. The minimum Gasteiger partial charge on any atom is -0.468 e. The number of hydrogen-bond acceptors (Lipinski definition) is 6. The highest BCUT2D eigenvalue weighted by atomic mass is 31.2. The molecule has 7 nitrogen and oxygen atoms in total. The number of carbonyl (C=O) groups excluding carboxylic acids is 1. The second-order valence-electron chi connectivity index (χ2n) is 4.88. The minimum absolute atomic E-state index is 0.173. The van der Waals surface area contributed by atoms with Crippen LogP contribution in [0, 0.1) is 5.41 Å². The van der Waals surface area contributed by atoms with E-state index >= 15 is 0 Å². The summed E-state index contributed by atoms with van der Waals surface area (Å²) in [6, 6.07) is 0. The molecule has 19 heavy (non-hydrogen) atoms. The summed E-state index contributed by atoms with van der Waals surface area (Å²) in [5.74, 6) is -0.521. The molecule has 2 heterocycles. The van der Waals surface area contributed by atoms with Gasteiger partial charge in [-0.25, -0.2) is 4.57 Å². The molecule has 2 fully saturated rings. The van der Waals surface area contributed by atoms with Crippen molar-refractivity contribution in [3.8, 4) is 0 Å². The molecule has 2 aliphatic heterocycles. The summed E-state index contributed by atoms with van der Waals surface area (Å²) >= 11 is 0. The topological polar surface area (TPSA) is 94.1 Å². The fourth-order valence-corrected chi connectivity index (χ4v) is 2.66. The van der Waals surface area contributed by atoms with Gasteiger partial charge in [0.05, 0.1) is 20.3 Å². The van der Waals surface area contributed by atoms with Crippen molar-refractivity contribution in [2.75, 3.05) is 33.4 Å². The summed E-state index contributed by atoms with van der Waals surface area (Å²) in [5.41, 5.74) is -0.995. The summed E-state index contributed by atoms with van der Waals surface area (Å²) in [7, 11) is -2.69. The van der Waals surface area contributed by atoms with Gasteiger partial charge < -0.3 is 14.9 Å². The standard InChI is InChI=1S/C6H11O6P.C5H11N/c1-6(5(7)10-2)3-11-13(8,9)12-4-6;1-2-4-6-5-3-1/h3-4H2,1-2H3,(H,8,9);6H,1-5H2. The first-order valence-corrected chi connectivity index (χ1v) is 7.80. The third kappa shape index (κ3) is 5.58. The van der Waals surface area contributed by atoms with Crippen LogP contribution in [0.2, 0.25) is 0 Å². The summed E-state index contributed by atoms with van der Waals surface area (Å²) in [4.78, 5) is 20.0. The second-order valence-corrected chi connectivity index (χ2v) is 6.33. The molecule has 0 aliphatic carbocycles. The van der Waals surface area contributed by atoms with E-state index in [0.29, 0.717) is 0 Å². The lowest BCUT2D eigenvalue weighted by Gasteiger charge is -2.31. The van der Waals surface area contributed by atoms with Gasteiger partial charge in [0.2, 0.25) is 0 Å². The Morgan fingerprint density at radius 2 is 1.79 bits per heavy atom. The van der Waals surface area contributed by atoms with Crippen LogP contribution < -0.4 is 5.32 Å². The number of rotatable bonds is 1. The first-order chi connectivity index (χ1) is 8.90. The largest absolute Gasteiger partial charge is 0.472 e. The molecule has 2 N–H and O–H groups in total. The van der Waals surface area contributed by atoms with Crippen molar-refractivity contribution in [1.82, 2.24) is 5.32 Å². The van der Waals surface area contributed by atoms with E-state index in [1.807, 2.05) is 0 Å². The number of hydrogen-bond donors (Lipinski definition) is 2.